The van der Waals surface area contributed by atoms with Crippen LogP contribution < -0.4 is 9.80 Å². The van der Waals surface area contributed by atoms with Gasteiger partial charge in [-0.05, 0) is 235 Å². The first-order valence-corrected chi connectivity index (χ1v) is 36.2. The van der Waals surface area contributed by atoms with E-state index < -0.39 is 0 Å². The maximum absolute atomic E-state index is 14.6. The van der Waals surface area contributed by atoms with Crippen LogP contribution in [-0.2, 0) is 12.8 Å². The maximum atomic E-state index is 14.6. The van der Waals surface area contributed by atoms with Crippen molar-refractivity contribution in [1.82, 2.24) is 0 Å². The van der Waals surface area contributed by atoms with E-state index in [0.29, 0.717) is 57.2 Å². The molecular formula is C96H98N2O4. The van der Waals surface area contributed by atoms with Gasteiger partial charge in [0, 0.05) is 33.0 Å². The summed E-state index contributed by atoms with van der Waals surface area (Å²) < 4.78 is 0. The normalized spacial score (nSPS) is 18.2. The lowest BCUT2D eigenvalue weighted by Crippen LogP contribution is -2.40. The molecule has 4 aliphatic rings. The summed E-state index contributed by atoms with van der Waals surface area (Å²) in [6.07, 6.45) is 60.0. The Bertz CT molecular complexity index is 4680. The van der Waals surface area contributed by atoms with E-state index in [1.807, 2.05) is 97.1 Å². The lowest BCUT2D eigenvalue weighted by molar-refractivity contribution is 0.0877. The van der Waals surface area contributed by atoms with Gasteiger partial charge in [-0.25, -0.2) is 9.80 Å². The molecule has 11 rings (SSSR count). The van der Waals surface area contributed by atoms with Crippen molar-refractivity contribution in [2.24, 2.45) is 10.8 Å². The standard InChI is InChI=1S/C96H98N2O4/c1-63(29-19-33-67(5)39-57-85-71(9)37-23-59-95(85,11)12)25-15-17-27-65(3)31-21-35-69(7)61-73-41-45-75(46-42-73)97-91(99)81-53-49-77-79-51-55-83-90-84(56-52-80(88(79)90)78-50-54-82(92(97)100)89(81)87(77)78)94(102)98(93(83)101)76-47-43-74(44-48-76)62-70(8)36-22-32-66(4)28-18-16-26-64(2)30-20-34-68(6)40-58-86-72(10)38-24-60-96(86,13)14/h15-22,25-36,39-58H,23-24,37-38,59-62H2,1-14H3/b17-15+,18-16+,29-19+,30-20+,31-21+,32-22+,57-39+,58-40+,63-25+,64-26+,65-27+,66-28+,67-33+,68-34+,69-35+,70-36+. The molecular weight excluding hydrogens is 1250 g/mol. The molecule has 0 aromatic heterocycles. The molecule has 0 saturated heterocycles. The zero-order chi connectivity index (χ0) is 72.6. The molecule has 6 heteroatoms. The minimum atomic E-state index is -0.389. The largest absolute Gasteiger partial charge is 0.268 e. The molecule has 2 aliphatic heterocycles. The van der Waals surface area contributed by atoms with E-state index in [0.717, 1.165) is 54.6 Å². The third-order valence-electron chi connectivity index (χ3n) is 20.7. The van der Waals surface area contributed by atoms with E-state index in [1.54, 1.807) is 0 Å². The fourth-order valence-electron chi connectivity index (χ4n) is 15.1. The van der Waals surface area contributed by atoms with Gasteiger partial charge in [0.05, 0.1) is 11.4 Å². The Morgan fingerprint density at radius 1 is 0.343 bits per heavy atom. The number of hydrogen-bond acceptors (Lipinski definition) is 4. The van der Waals surface area contributed by atoms with Crippen molar-refractivity contribution < 1.29 is 19.2 Å². The average Bonchev–Trinajstić information content (AvgIpc) is 0.695. The highest BCUT2D eigenvalue weighted by atomic mass is 16.2. The molecule has 0 bridgehead atoms. The van der Waals surface area contributed by atoms with Crippen molar-refractivity contribution in [3.8, 4) is 0 Å². The zero-order valence-corrected chi connectivity index (χ0v) is 62.3. The quantitative estimate of drug-likeness (QED) is 0.0293. The molecule has 0 saturated carbocycles. The van der Waals surface area contributed by atoms with Gasteiger partial charge in [0.25, 0.3) is 23.6 Å². The summed E-state index contributed by atoms with van der Waals surface area (Å²) in [7, 11) is 0. The molecule has 7 aromatic carbocycles. The lowest BCUT2D eigenvalue weighted by Gasteiger charge is -2.33. The SMILES string of the molecule is CC1=C(/C=C/C(C)=C/C=C/C(C)=C/C=C/C=C(C)/C=C/C=C(\C)Cc2ccc(N3C(=O)c4ccc5c6ccc7c8c(ccc(c9ccc(c4c59)C3=O)c86)C(=O)N(c3ccc(C/C(C)=C/C=C/C(C)=C/C=C/C=C(C)/C=C/C=C(C)/C=C/C4=C(C)CCCC4(C)C)cc3)C7=O)cc2)C(C)(C)CCC1. The Morgan fingerprint density at radius 2 is 0.618 bits per heavy atom. The van der Waals surface area contributed by atoms with Crippen LogP contribution in [0.1, 0.15) is 188 Å². The molecule has 0 spiro atoms. The van der Waals surface area contributed by atoms with Gasteiger partial charge in [0.2, 0.25) is 0 Å². The fraction of sp³-hybridized carbons (Fsp3) is 0.250. The number of rotatable bonds is 22. The van der Waals surface area contributed by atoms with Gasteiger partial charge < -0.3 is 0 Å². The molecule has 0 fully saturated rings. The third-order valence-corrected chi connectivity index (χ3v) is 20.7. The summed E-state index contributed by atoms with van der Waals surface area (Å²) in [4.78, 5) is 61.1. The smallest absolute Gasteiger partial charge is 0.265 e. The van der Waals surface area contributed by atoms with Crippen LogP contribution in [0.2, 0.25) is 0 Å². The Hall–Kier alpha value is -10.6. The van der Waals surface area contributed by atoms with Crippen molar-refractivity contribution in [2.45, 2.75) is 148 Å². The number of allylic oxidation sites excluding steroid dienone is 36. The van der Waals surface area contributed by atoms with Crippen LogP contribution in [0.15, 0.2) is 310 Å². The first-order valence-electron chi connectivity index (χ1n) is 36.2. The molecule has 0 atom stereocenters. The summed E-state index contributed by atoms with van der Waals surface area (Å²) in [5.41, 5.74) is 20.8. The molecule has 0 radical (unpaired) electrons. The molecule has 102 heavy (non-hydrogen) atoms. The number of carbonyl (C=O) groups excluding carboxylic acids is 4. The lowest BCUT2D eigenvalue weighted by atomic mass is 9.72. The van der Waals surface area contributed by atoms with Crippen LogP contribution in [0, 0.1) is 10.8 Å². The summed E-state index contributed by atoms with van der Waals surface area (Å²) in [5.74, 6) is -1.56. The number of anilines is 2. The molecule has 2 heterocycles. The Morgan fingerprint density at radius 3 is 0.912 bits per heavy atom. The van der Waals surface area contributed by atoms with Gasteiger partial charge in [0.15, 0.2) is 0 Å². The van der Waals surface area contributed by atoms with E-state index in [-0.39, 0.29) is 34.5 Å². The van der Waals surface area contributed by atoms with Crippen LogP contribution >= 0.6 is 0 Å². The summed E-state index contributed by atoms with van der Waals surface area (Å²) >= 11 is 0. The fourth-order valence-corrected chi connectivity index (χ4v) is 15.1. The van der Waals surface area contributed by atoms with Gasteiger partial charge in [-0.1, -0.05) is 278 Å². The van der Waals surface area contributed by atoms with Crippen LogP contribution in [0.25, 0.3) is 43.1 Å². The van der Waals surface area contributed by atoms with Gasteiger partial charge in [0.1, 0.15) is 0 Å². The summed E-state index contributed by atoms with van der Waals surface area (Å²) in [6, 6.07) is 30.4. The van der Waals surface area contributed by atoms with Crippen LogP contribution in [-0.4, -0.2) is 23.6 Å². The number of nitrogens with zero attached hydrogens (tertiary/aromatic N) is 2. The second kappa shape index (κ2) is 31.5. The van der Waals surface area contributed by atoms with Crippen LogP contribution in [0.5, 0.6) is 0 Å². The van der Waals surface area contributed by atoms with E-state index >= 15 is 0 Å². The predicted octanol–water partition coefficient (Wildman–Crippen LogP) is 25.5. The number of fused-ring (bicyclic) bond motifs is 2. The molecule has 0 unspecified atom stereocenters. The van der Waals surface area contributed by atoms with Crippen molar-refractivity contribution in [3.05, 3.63) is 343 Å². The van der Waals surface area contributed by atoms with E-state index in [9.17, 15) is 19.2 Å². The first-order chi connectivity index (χ1) is 48.9. The zero-order valence-electron chi connectivity index (χ0n) is 62.3. The van der Waals surface area contributed by atoms with Crippen molar-refractivity contribution in [1.29, 1.82) is 0 Å². The van der Waals surface area contributed by atoms with Gasteiger partial charge >= 0.3 is 0 Å². The van der Waals surface area contributed by atoms with Crippen molar-refractivity contribution in [2.75, 3.05) is 9.80 Å². The minimum absolute atomic E-state index is 0.240. The monoisotopic (exact) mass is 1340 g/mol. The molecule has 2 aliphatic carbocycles. The average molecular weight is 1340 g/mol. The second-order valence-electron chi connectivity index (χ2n) is 29.9. The van der Waals surface area contributed by atoms with Gasteiger partial charge in [-0.2, -0.15) is 0 Å². The first kappa shape index (κ1) is 72.7. The third kappa shape index (κ3) is 16.3. The molecule has 4 amide bonds. The van der Waals surface area contributed by atoms with E-state index in [1.165, 1.54) is 104 Å². The molecule has 0 N–H and O–H groups in total. The highest BCUT2D eigenvalue weighted by Gasteiger charge is 2.38. The Labute approximate surface area is 605 Å². The van der Waals surface area contributed by atoms with Crippen LogP contribution in [0.3, 0.4) is 0 Å². The molecule has 6 nitrogen and oxygen atoms in total. The second-order valence-corrected chi connectivity index (χ2v) is 29.9. The number of amides is 4. The maximum Gasteiger partial charge on any atom is 0.265 e. The Balaban J connectivity index is 0.698. The minimum Gasteiger partial charge on any atom is -0.268 e. The van der Waals surface area contributed by atoms with Gasteiger partial charge in [-0.15, -0.1) is 0 Å². The molecule has 7 aromatic rings. The van der Waals surface area contributed by atoms with Crippen LogP contribution in [0.4, 0.5) is 11.4 Å². The highest BCUT2D eigenvalue weighted by molar-refractivity contribution is 6.45. The summed E-state index contributed by atoms with van der Waals surface area (Å²) in [6.45, 7) is 30.9. The van der Waals surface area contributed by atoms with Crippen molar-refractivity contribution >= 4 is 78.1 Å². The molecule has 516 valence electrons. The number of imide groups is 2. The van der Waals surface area contributed by atoms with E-state index in [2.05, 4.69) is 243 Å². The highest BCUT2D eigenvalue weighted by Crippen LogP contribution is 2.48. The number of carbonyl (C=O) groups is 4. The number of hydrogen-bond donors (Lipinski definition) is 0. The topological polar surface area (TPSA) is 74.8 Å². The Kier molecular flexibility index (Phi) is 22.5. The number of benzene rings is 7. The van der Waals surface area contributed by atoms with Crippen molar-refractivity contribution in [3.63, 3.8) is 0 Å². The van der Waals surface area contributed by atoms with E-state index in [4.69, 9.17) is 0 Å². The van der Waals surface area contributed by atoms with Gasteiger partial charge in [-0.3, -0.25) is 19.2 Å². The summed E-state index contributed by atoms with van der Waals surface area (Å²) in [5, 5.41) is 6.19. The predicted molar refractivity (Wildman–Crippen MR) is 434 cm³/mol.